The van der Waals surface area contributed by atoms with Crippen LogP contribution in [0.3, 0.4) is 0 Å². The Morgan fingerprint density at radius 1 is 0.671 bits per heavy atom. The maximum atomic E-state index is 15.6. The maximum absolute atomic E-state index is 15.6. The SMILES string of the molecule is COC(=O)CC1(NS(=O)(=O)c2ccc3cc(Cl)ccc3c2)CCCN(c2ccc(-c3ccccc3S(C)(=O)=O)cc2)C1=O.CS(=O)(=O)c1ccccc1-c1ccc(N2CCCC(N(Cc3ccccn3)S(=O)(=O)c3ccc(Cl)cc3)C2=O)c(F)c1. The Kier molecular flexibility index (Phi) is 18.5. The number of aromatic nitrogens is 1. The van der Waals surface area contributed by atoms with Crippen molar-refractivity contribution < 1.29 is 57.2 Å². The summed E-state index contributed by atoms with van der Waals surface area (Å²) in [6, 6.07) is 43.1. The summed E-state index contributed by atoms with van der Waals surface area (Å²) in [6.07, 6.45) is 4.40. The van der Waals surface area contributed by atoms with Crippen LogP contribution in [0, 0.1) is 5.82 Å². The van der Waals surface area contributed by atoms with Crippen molar-refractivity contribution in [3.63, 3.8) is 0 Å². The Morgan fingerprint density at radius 3 is 1.87 bits per heavy atom. The summed E-state index contributed by atoms with van der Waals surface area (Å²) >= 11 is 12.0. The molecule has 0 spiro atoms. The Labute approximate surface area is 502 Å². The molecule has 8 aromatic rings. The van der Waals surface area contributed by atoms with E-state index in [1.54, 1.807) is 109 Å². The molecule has 0 saturated carbocycles. The highest BCUT2D eigenvalue weighted by molar-refractivity contribution is 7.91. The fraction of sp³-hybridized carbons (Fsp3) is 0.213. The first-order valence-corrected chi connectivity index (χ1v) is 33.9. The minimum atomic E-state index is -4.27. The van der Waals surface area contributed by atoms with Crippen molar-refractivity contribution in [2.45, 2.75) is 69.8 Å². The molecule has 2 saturated heterocycles. The van der Waals surface area contributed by atoms with Gasteiger partial charge in [-0.2, -0.15) is 9.03 Å². The van der Waals surface area contributed by atoms with Crippen LogP contribution in [0.1, 0.15) is 37.8 Å². The Bertz CT molecular complexity index is 4340. The number of benzene rings is 7. The van der Waals surface area contributed by atoms with Gasteiger partial charge in [0.1, 0.15) is 17.4 Å². The smallest absolute Gasteiger partial charge is 0.307 e. The van der Waals surface area contributed by atoms with E-state index in [-0.39, 0.29) is 51.2 Å². The van der Waals surface area contributed by atoms with Gasteiger partial charge in [-0.25, -0.2) is 38.1 Å². The lowest BCUT2D eigenvalue weighted by Gasteiger charge is -2.41. The second kappa shape index (κ2) is 25.3. The number of sulfonamides is 2. The normalized spacial score (nSPS) is 16.9. The van der Waals surface area contributed by atoms with Crippen molar-refractivity contribution >= 4 is 103 Å². The van der Waals surface area contributed by atoms with E-state index < -0.39 is 81.3 Å². The fourth-order valence-electron chi connectivity index (χ4n) is 10.4. The van der Waals surface area contributed by atoms with Crippen molar-refractivity contribution in [1.82, 2.24) is 14.0 Å². The molecule has 17 nitrogen and oxygen atoms in total. The molecule has 2 aliphatic heterocycles. The number of carbonyl (C=O) groups excluding carboxylic acids is 3. The summed E-state index contributed by atoms with van der Waals surface area (Å²) in [7, 11) is -14.3. The quantitative estimate of drug-likeness (QED) is 0.0889. The molecular weight excluding hydrogens is 1210 g/mol. The van der Waals surface area contributed by atoms with Gasteiger partial charge >= 0.3 is 5.97 Å². The standard InChI is InChI=1S/C31H29ClN2O7S2.C30H27ClFN3O5S2/c1-41-29(35)20-31(33-43(39,40)26-15-11-22-18-24(32)12-8-23(22)19-26)16-5-17-34(30(31)36)25-13-9-21(10-14-25)27-6-3-4-7-28(27)42(2,37)38;1-41(37,38)29-10-3-2-8-25(29)21-11-16-27(26(32)19-21)34-18-6-9-28(30(34)36)35(20-23-7-4-5-17-33-23)42(39,40)24-14-12-22(31)13-15-24/h3-4,6-15,18-19,33H,5,16-17,20H2,1-2H3;2-5,7-8,10-17,19,28H,6,9,18,20H2,1H3. The highest BCUT2D eigenvalue weighted by Gasteiger charge is 2.49. The molecule has 2 atom stereocenters. The van der Waals surface area contributed by atoms with Gasteiger partial charge in [-0.15, -0.1) is 0 Å². The maximum Gasteiger partial charge on any atom is 0.307 e. The summed E-state index contributed by atoms with van der Waals surface area (Å²) in [4.78, 5) is 47.6. The van der Waals surface area contributed by atoms with Gasteiger partial charge < -0.3 is 14.5 Å². The van der Waals surface area contributed by atoms with Gasteiger partial charge in [-0.3, -0.25) is 19.4 Å². The second-order valence-electron chi connectivity index (χ2n) is 20.4. The zero-order chi connectivity index (χ0) is 61.1. The molecule has 2 aliphatic rings. The zero-order valence-electron chi connectivity index (χ0n) is 45.9. The van der Waals surface area contributed by atoms with E-state index in [1.807, 2.05) is 0 Å². The van der Waals surface area contributed by atoms with Gasteiger partial charge in [0.15, 0.2) is 19.7 Å². The molecule has 442 valence electrons. The minimum Gasteiger partial charge on any atom is -0.469 e. The number of nitrogens with zero attached hydrogens (tertiary/aromatic N) is 4. The molecule has 1 N–H and O–H groups in total. The van der Waals surface area contributed by atoms with Crippen LogP contribution in [0.2, 0.25) is 10.0 Å². The lowest BCUT2D eigenvalue weighted by atomic mass is 9.85. The predicted octanol–water partition coefficient (Wildman–Crippen LogP) is 10.3. The monoisotopic (exact) mass is 1270 g/mol. The number of amides is 2. The zero-order valence-corrected chi connectivity index (χ0v) is 50.7. The first kappa shape index (κ1) is 62.1. The average molecular weight is 1270 g/mol. The van der Waals surface area contributed by atoms with Crippen molar-refractivity contribution in [2.75, 3.05) is 42.5 Å². The third-order valence-corrected chi connectivity index (χ3v) is 20.8. The molecule has 1 aromatic heterocycles. The highest BCUT2D eigenvalue weighted by atomic mass is 35.5. The second-order valence-corrected chi connectivity index (χ2v) is 28.8. The number of piperidine rings is 2. The molecule has 0 bridgehead atoms. The van der Waals surface area contributed by atoms with Crippen molar-refractivity contribution in [3.05, 3.63) is 198 Å². The first-order valence-electron chi connectivity index (χ1n) is 26.4. The number of anilines is 2. The first-order chi connectivity index (χ1) is 40.3. The lowest BCUT2D eigenvalue weighted by Crippen LogP contribution is -2.63. The van der Waals surface area contributed by atoms with E-state index in [2.05, 4.69) is 9.71 Å². The predicted molar refractivity (Wildman–Crippen MR) is 324 cm³/mol. The number of hydrogen-bond donors (Lipinski definition) is 1. The highest BCUT2D eigenvalue weighted by Crippen LogP contribution is 2.37. The van der Waals surface area contributed by atoms with Crippen LogP contribution < -0.4 is 14.5 Å². The summed E-state index contributed by atoms with van der Waals surface area (Å²) in [5.74, 6) is -2.64. The van der Waals surface area contributed by atoms with Gasteiger partial charge in [0.2, 0.25) is 31.9 Å². The molecule has 2 unspecified atom stereocenters. The van der Waals surface area contributed by atoms with Gasteiger partial charge in [-0.05, 0) is 145 Å². The minimum absolute atomic E-state index is 0.0213. The van der Waals surface area contributed by atoms with E-state index >= 15 is 4.39 Å². The molecule has 2 amide bonds. The van der Waals surface area contributed by atoms with E-state index in [9.17, 15) is 48.1 Å². The Hall–Kier alpha value is -7.41. The van der Waals surface area contributed by atoms with Crippen molar-refractivity contribution in [3.8, 4) is 22.3 Å². The van der Waals surface area contributed by atoms with E-state index in [4.69, 9.17) is 27.9 Å². The van der Waals surface area contributed by atoms with Gasteiger partial charge in [0.25, 0.3) is 0 Å². The number of ether oxygens (including phenoxy) is 1. The average Bonchev–Trinajstić information content (AvgIpc) is 1.96. The molecule has 0 aliphatic carbocycles. The number of sulfone groups is 2. The molecule has 10 rings (SSSR count). The van der Waals surface area contributed by atoms with Crippen LogP contribution >= 0.6 is 23.2 Å². The molecule has 7 aromatic carbocycles. The summed E-state index contributed by atoms with van der Waals surface area (Å²) in [5, 5.41) is 2.27. The summed E-state index contributed by atoms with van der Waals surface area (Å²) in [6.45, 7) is 0.309. The Morgan fingerprint density at radius 2 is 1.25 bits per heavy atom. The number of fused-ring (bicyclic) bond motifs is 1. The molecule has 2 fully saturated rings. The van der Waals surface area contributed by atoms with Crippen LogP contribution in [0.4, 0.5) is 15.8 Å². The topological polar surface area (TPSA) is 232 Å². The van der Waals surface area contributed by atoms with E-state index in [0.717, 1.165) is 22.2 Å². The lowest BCUT2D eigenvalue weighted by molar-refractivity contribution is -0.145. The number of rotatable bonds is 16. The van der Waals surface area contributed by atoms with Gasteiger partial charge in [0.05, 0.1) is 51.0 Å². The number of methoxy groups -OCH3 is 1. The number of halogens is 3. The number of hydrogen-bond acceptors (Lipinski definition) is 13. The summed E-state index contributed by atoms with van der Waals surface area (Å²) < 4.78 is 128. The van der Waals surface area contributed by atoms with E-state index in [0.29, 0.717) is 68.5 Å². The Balaban J connectivity index is 0.000000204. The van der Waals surface area contributed by atoms with Crippen LogP contribution in [0.25, 0.3) is 33.0 Å². The van der Waals surface area contributed by atoms with Crippen molar-refractivity contribution in [1.29, 1.82) is 0 Å². The number of nitrogens with one attached hydrogen (secondary N) is 1. The third kappa shape index (κ3) is 13.8. The van der Waals surface area contributed by atoms with Crippen LogP contribution in [0.5, 0.6) is 0 Å². The van der Waals surface area contributed by atoms with Crippen LogP contribution in [0.15, 0.2) is 196 Å². The molecule has 85 heavy (non-hydrogen) atoms. The van der Waals surface area contributed by atoms with Gasteiger partial charge in [0, 0.05) is 58.7 Å². The molecule has 24 heteroatoms. The van der Waals surface area contributed by atoms with E-state index in [1.165, 1.54) is 83.8 Å². The fourth-order valence-corrected chi connectivity index (χ4v) is 15.6. The molecular formula is C61H56Cl2FN5O12S4. The van der Waals surface area contributed by atoms with Crippen LogP contribution in [-0.2, 0) is 65.4 Å². The molecule has 0 radical (unpaired) electrons. The summed E-state index contributed by atoms with van der Waals surface area (Å²) in [5.41, 5.74) is 0.929. The third-order valence-electron chi connectivity index (χ3n) is 14.6. The number of carbonyl (C=O) groups is 3. The largest absolute Gasteiger partial charge is 0.469 e. The molecule has 3 heterocycles. The number of esters is 1. The van der Waals surface area contributed by atoms with Crippen molar-refractivity contribution in [2.24, 2.45) is 0 Å². The van der Waals surface area contributed by atoms with Gasteiger partial charge in [-0.1, -0.05) is 96.0 Å². The number of pyridine rings is 1. The van der Waals surface area contributed by atoms with Crippen LogP contribution in [-0.4, -0.2) is 105 Å².